The summed E-state index contributed by atoms with van der Waals surface area (Å²) in [6.07, 6.45) is 1.68. The van der Waals surface area contributed by atoms with E-state index in [1.165, 1.54) is 5.56 Å². The predicted octanol–water partition coefficient (Wildman–Crippen LogP) is 3.16. The summed E-state index contributed by atoms with van der Waals surface area (Å²) < 4.78 is 0. The van der Waals surface area contributed by atoms with Gasteiger partial charge < -0.3 is 4.90 Å². The molecule has 17 heavy (non-hydrogen) atoms. The Morgan fingerprint density at radius 1 is 1.18 bits per heavy atom. The van der Waals surface area contributed by atoms with Crippen LogP contribution >= 0.6 is 11.6 Å². The lowest BCUT2D eigenvalue weighted by atomic mass is 10.2. The van der Waals surface area contributed by atoms with Gasteiger partial charge in [-0.1, -0.05) is 30.3 Å². The van der Waals surface area contributed by atoms with Crippen molar-refractivity contribution in [3.05, 3.63) is 53.4 Å². The van der Waals surface area contributed by atoms with Gasteiger partial charge in [0, 0.05) is 19.3 Å². The molecule has 4 heteroatoms. The number of nitrogens with zero attached hydrogens (tertiary/aromatic N) is 3. The average Bonchev–Trinajstić information content (AvgIpc) is 2.37. The van der Waals surface area contributed by atoms with Crippen LogP contribution in [0.1, 0.15) is 12.5 Å². The van der Waals surface area contributed by atoms with E-state index in [0.29, 0.717) is 0 Å². The fourth-order valence-corrected chi connectivity index (χ4v) is 1.80. The first-order valence-electron chi connectivity index (χ1n) is 5.57. The number of rotatable bonds is 4. The van der Waals surface area contributed by atoms with Gasteiger partial charge in [-0.2, -0.15) is 0 Å². The Balaban J connectivity index is 2.17. The van der Waals surface area contributed by atoms with E-state index in [1.54, 1.807) is 6.20 Å². The van der Waals surface area contributed by atoms with Gasteiger partial charge in [0.1, 0.15) is 5.82 Å². The number of hydrogen-bond donors (Lipinski definition) is 0. The van der Waals surface area contributed by atoms with Crippen LogP contribution in [0.5, 0.6) is 0 Å². The van der Waals surface area contributed by atoms with Crippen molar-refractivity contribution in [2.75, 3.05) is 11.4 Å². The van der Waals surface area contributed by atoms with Crippen molar-refractivity contribution in [1.29, 1.82) is 0 Å². The van der Waals surface area contributed by atoms with Crippen molar-refractivity contribution < 1.29 is 0 Å². The van der Waals surface area contributed by atoms with E-state index >= 15 is 0 Å². The zero-order chi connectivity index (χ0) is 12.1. The minimum atomic E-state index is 0.286. The Morgan fingerprint density at radius 3 is 2.59 bits per heavy atom. The van der Waals surface area contributed by atoms with Gasteiger partial charge in [-0.15, -0.1) is 0 Å². The molecule has 0 aliphatic carbocycles. The Hall–Kier alpha value is -1.61. The molecule has 0 N–H and O–H groups in total. The quantitative estimate of drug-likeness (QED) is 0.778. The van der Waals surface area contributed by atoms with E-state index in [4.69, 9.17) is 11.6 Å². The maximum absolute atomic E-state index is 5.80. The van der Waals surface area contributed by atoms with Gasteiger partial charge in [0.2, 0.25) is 5.28 Å². The van der Waals surface area contributed by atoms with Crippen molar-refractivity contribution in [2.24, 2.45) is 0 Å². The first-order valence-corrected chi connectivity index (χ1v) is 5.95. The smallest absolute Gasteiger partial charge is 0.224 e. The van der Waals surface area contributed by atoms with E-state index in [2.05, 4.69) is 33.9 Å². The maximum Gasteiger partial charge on any atom is 0.224 e. The summed E-state index contributed by atoms with van der Waals surface area (Å²) in [7, 11) is 0. The summed E-state index contributed by atoms with van der Waals surface area (Å²) in [5.74, 6) is 0.858. The minimum Gasteiger partial charge on any atom is -0.352 e. The van der Waals surface area contributed by atoms with Crippen LogP contribution in [0, 0.1) is 0 Å². The third-order valence-electron chi connectivity index (χ3n) is 2.53. The standard InChI is InChI=1S/C13H14ClN3/c1-2-17(10-11-6-4-3-5-7-11)12-8-9-15-13(14)16-12/h3-9H,2,10H2,1H3. The molecule has 0 aliphatic rings. The van der Waals surface area contributed by atoms with Gasteiger partial charge >= 0.3 is 0 Å². The zero-order valence-corrected chi connectivity index (χ0v) is 10.4. The predicted molar refractivity (Wildman–Crippen MR) is 70.2 cm³/mol. The lowest BCUT2D eigenvalue weighted by Crippen LogP contribution is -2.23. The van der Waals surface area contributed by atoms with Crippen LogP contribution in [0.15, 0.2) is 42.6 Å². The van der Waals surface area contributed by atoms with Crippen LogP contribution in [-0.2, 0) is 6.54 Å². The van der Waals surface area contributed by atoms with Gasteiger partial charge in [0.25, 0.3) is 0 Å². The Kier molecular flexibility index (Phi) is 3.94. The molecule has 0 bridgehead atoms. The average molecular weight is 248 g/mol. The lowest BCUT2D eigenvalue weighted by molar-refractivity contribution is 0.810. The highest BCUT2D eigenvalue weighted by Gasteiger charge is 2.07. The summed E-state index contributed by atoms with van der Waals surface area (Å²) in [6.45, 7) is 3.80. The van der Waals surface area contributed by atoms with Crippen molar-refractivity contribution in [3.63, 3.8) is 0 Å². The molecule has 0 fully saturated rings. The molecule has 0 spiro atoms. The maximum atomic E-state index is 5.80. The highest BCUT2D eigenvalue weighted by molar-refractivity contribution is 6.28. The number of halogens is 1. The molecule has 0 radical (unpaired) electrons. The molecule has 2 rings (SSSR count). The molecule has 0 aliphatic heterocycles. The Labute approximate surface area is 106 Å². The SMILES string of the molecule is CCN(Cc1ccccc1)c1ccnc(Cl)n1. The monoisotopic (exact) mass is 247 g/mol. The largest absolute Gasteiger partial charge is 0.352 e. The Bertz CT molecular complexity index is 473. The summed E-state index contributed by atoms with van der Waals surface area (Å²) >= 11 is 5.80. The summed E-state index contributed by atoms with van der Waals surface area (Å²) in [5.41, 5.74) is 1.25. The van der Waals surface area contributed by atoms with Crippen molar-refractivity contribution in [3.8, 4) is 0 Å². The third kappa shape index (κ3) is 3.17. The number of benzene rings is 1. The Morgan fingerprint density at radius 2 is 1.94 bits per heavy atom. The van der Waals surface area contributed by atoms with E-state index in [0.717, 1.165) is 18.9 Å². The molecule has 1 aromatic heterocycles. The first-order chi connectivity index (χ1) is 8.29. The van der Waals surface area contributed by atoms with Crippen LogP contribution in [0.4, 0.5) is 5.82 Å². The summed E-state index contributed by atoms with van der Waals surface area (Å²) in [6, 6.07) is 12.2. The third-order valence-corrected chi connectivity index (χ3v) is 2.72. The van der Waals surface area contributed by atoms with Gasteiger partial charge in [0.15, 0.2) is 0 Å². The van der Waals surface area contributed by atoms with Gasteiger partial charge in [-0.25, -0.2) is 9.97 Å². The normalized spacial score (nSPS) is 10.2. The zero-order valence-electron chi connectivity index (χ0n) is 9.68. The molecule has 1 aromatic carbocycles. The topological polar surface area (TPSA) is 29.0 Å². The van der Waals surface area contributed by atoms with Crippen molar-refractivity contribution in [1.82, 2.24) is 9.97 Å². The van der Waals surface area contributed by atoms with E-state index < -0.39 is 0 Å². The number of aromatic nitrogens is 2. The van der Waals surface area contributed by atoms with Gasteiger partial charge in [0.05, 0.1) is 0 Å². The molecule has 2 aromatic rings. The molecule has 0 atom stereocenters. The molecule has 3 nitrogen and oxygen atoms in total. The number of anilines is 1. The second kappa shape index (κ2) is 5.64. The summed E-state index contributed by atoms with van der Waals surface area (Å²) in [5, 5.41) is 0.286. The van der Waals surface area contributed by atoms with Crippen LogP contribution in [0.25, 0.3) is 0 Å². The van der Waals surface area contributed by atoms with Crippen LogP contribution in [0.3, 0.4) is 0 Å². The molecule has 0 amide bonds. The molecule has 0 unspecified atom stereocenters. The molecule has 88 valence electrons. The van der Waals surface area contributed by atoms with Crippen LogP contribution in [-0.4, -0.2) is 16.5 Å². The molecular formula is C13H14ClN3. The second-order valence-corrected chi connectivity index (χ2v) is 4.02. The van der Waals surface area contributed by atoms with Gasteiger partial charge in [-0.05, 0) is 30.2 Å². The summed E-state index contributed by atoms with van der Waals surface area (Å²) in [4.78, 5) is 10.3. The highest BCUT2D eigenvalue weighted by Crippen LogP contribution is 2.15. The van der Waals surface area contributed by atoms with Gasteiger partial charge in [-0.3, -0.25) is 0 Å². The van der Waals surface area contributed by atoms with Crippen LogP contribution < -0.4 is 4.90 Å². The first kappa shape index (κ1) is 11.9. The molecular weight excluding hydrogens is 234 g/mol. The van der Waals surface area contributed by atoms with E-state index in [-0.39, 0.29) is 5.28 Å². The van der Waals surface area contributed by atoms with E-state index in [9.17, 15) is 0 Å². The fourth-order valence-electron chi connectivity index (χ4n) is 1.66. The molecule has 0 saturated carbocycles. The lowest BCUT2D eigenvalue weighted by Gasteiger charge is -2.21. The van der Waals surface area contributed by atoms with Crippen molar-refractivity contribution in [2.45, 2.75) is 13.5 Å². The fraction of sp³-hybridized carbons (Fsp3) is 0.231. The second-order valence-electron chi connectivity index (χ2n) is 3.68. The number of hydrogen-bond acceptors (Lipinski definition) is 3. The molecule has 1 heterocycles. The highest BCUT2D eigenvalue weighted by atomic mass is 35.5. The van der Waals surface area contributed by atoms with Crippen LogP contribution in [0.2, 0.25) is 5.28 Å². The minimum absolute atomic E-state index is 0.286. The van der Waals surface area contributed by atoms with Crippen molar-refractivity contribution >= 4 is 17.4 Å². The van der Waals surface area contributed by atoms with E-state index in [1.807, 2.05) is 24.3 Å². The molecule has 0 saturated heterocycles.